The lowest BCUT2D eigenvalue weighted by Crippen LogP contribution is -2.46. The molecule has 7 aromatic carbocycles. The Hall–Kier alpha value is -13.0. The van der Waals surface area contributed by atoms with E-state index in [0.717, 1.165) is 127 Å². The molecule has 36 heteroatoms. The van der Waals surface area contributed by atoms with E-state index in [1.165, 1.54) is 62.2 Å². The van der Waals surface area contributed by atoms with E-state index in [1.807, 2.05) is 171 Å². The fourth-order valence-electron chi connectivity index (χ4n) is 17.5. The quantitative estimate of drug-likeness (QED) is 0.00729. The zero-order valence-electron chi connectivity index (χ0n) is 88.6. The number of nitrogens with one attached hydrogen (secondary N) is 5. The number of carbonyl (C=O) groups is 6. The van der Waals surface area contributed by atoms with Gasteiger partial charge in [-0.1, -0.05) is 180 Å². The van der Waals surface area contributed by atoms with E-state index < -0.39 is 135 Å². The van der Waals surface area contributed by atoms with Crippen molar-refractivity contribution < 1.29 is 127 Å². The Kier molecular flexibility index (Phi) is 46.9. The number of fused-ring (bicyclic) bond motifs is 4. The number of hydrogen-bond acceptors (Lipinski definition) is 29. The summed E-state index contributed by atoms with van der Waals surface area (Å²) < 4.78 is 52.3. The molecule has 13 N–H and O–H groups in total. The van der Waals surface area contributed by atoms with Gasteiger partial charge in [0.1, 0.15) is 101 Å². The van der Waals surface area contributed by atoms with Crippen molar-refractivity contribution in [3.63, 3.8) is 0 Å². The van der Waals surface area contributed by atoms with Crippen molar-refractivity contribution in [3.8, 4) is 11.5 Å². The average Bonchev–Trinajstić information content (AvgIpc) is 1.66. The number of para-hydroxylation sites is 1. The first-order valence-corrected chi connectivity index (χ1v) is 50.3. The van der Waals surface area contributed by atoms with Gasteiger partial charge in [0, 0.05) is 86.6 Å². The molecule has 0 bridgehead atoms. The largest absolute Gasteiger partial charge is 0.497 e. The van der Waals surface area contributed by atoms with E-state index in [4.69, 9.17) is 64.1 Å². The number of H-pyrrole nitrogens is 1. The lowest BCUT2D eigenvalue weighted by atomic mass is 9.89. The minimum absolute atomic E-state index is 0.00835. The highest BCUT2D eigenvalue weighted by Crippen LogP contribution is 2.42. The highest BCUT2D eigenvalue weighted by atomic mass is 35.5. The Balaban J connectivity index is 0.000000222. The second kappa shape index (κ2) is 58.4. The van der Waals surface area contributed by atoms with Crippen LogP contribution >= 0.6 is 11.6 Å². The zero-order valence-corrected chi connectivity index (χ0v) is 89.4. The molecule has 810 valence electrons. The number of esters is 1. The molecule has 0 unspecified atom stereocenters. The van der Waals surface area contributed by atoms with Crippen LogP contribution in [0.5, 0.6) is 11.5 Å². The number of anilines is 3. The number of benzene rings is 7. The van der Waals surface area contributed by atoms with Crippen molar-refractivity contribution in [2.75, 3.05) is 85.0 Å². The highest BCUT2D eigenvalue weighted by Gasteiger charge is 2.37. The number of Topliss-reactive ketones (excluding diaryl/α,β-unsaturated/α-hetero) is 1. The first kappa shape index (κ1) is 121. The van der Waals surface area contributed by atoms with Gasteiger partial charge in [-0.3, -0.25) is 24.0 Å². The SMILES string of the molecule is C=C1Cc2ccc(NC(=O)CO/N=C(/[C@@H](OC)C(C)C)[C@@H](O)[C@@H](C)O)cc2/C1=C\c1ccc(OC)cc1.C=C1Cc2ccc(NC(=O)CO/N=C(/[C@@H](OC)C(C)C)[C@@H](O)[C@@H](C)O)cc2/C1=C\c1cccc(Cl)c1F.CO[C@H](/C(=N/OCC(=O)N[C@@H](Cc1c[nH]c2ccccc12)C(=O)OC1CCC(C)CC1)[C@@H](O)[C@@H](C)O)C(C)C.COc1ccc(/C=C2\C(=O)Cc3ccc(NC(=O)CO/N=C(/[C@@H](OC)C(C)C)[C@@H](O)[C@@H](C)O)cc32)cc1. The molecule has 8 aromatic rings. The molecule has 1 heterocycles. The number of oxime groups is 4. The molecule has 4 aliphatic rings. The molecule has 34 nitrogen and oxygen atoms in total. The number of hydrogen-bond donors (Lipinski definition) is 13. The molecule has 0 saturated heterocycles. The molecule has 12 rings (SSSR count). The topological polar surface area (TPSA) is 479 Å². The van der Waals surface area contributed by atoms with Gasteiger partial charge in [-0.25, -0.2) is 9.18 Å². The summed E-state index contributed by atoms with van der Waals surface area (Å²) in [6, 6.07) is 43.3. The Morgan fingerprint density at radius 3 is 1.19 bits per heavy atom. The number of methoxy groups -OCH3 is 6. The number of amides is 4. The number of ether oxygens (including phenoxy) is 7. The first-order chi connectivity index (χ1) is 71.4. The van der Waals surface area contributed by atoms with Gasteiger partial charge < -0.3 is 120 Å². The zero-order chi connectivity index (χ0) is 110. The number of ketones is 1. The van der Waals surface area contributed by atoms with Crippen LogP contribution < -0.4 is 30.7 Å². The number of allylic oxidation sites excluding steroid dienone is 5. The number of rotatable bonds is 45. The van der Waals surface area contributed by atoms with Gasteiger partial charge in [0.15, 0.2) is 32.2 Å². The van der Waals surface area contributed by atoms with Gasteiger partial charge >= 0.3 is 5.97 Å². The molecule has 1 saturated carbocycles. The maximum Gasteiger partial charge on any atom is 0.329 e. The van der Waals surface area contributed by atoms with Crippen LogP contribution in [0.4, 0.5) is 21.5 Å². The molecule has 150 heavy (non-hydrogen) atoms. The number of aromatic amines is 1. The Morgan fingerprint density at radius 1 is 0.453 bits per heavy atom. The average molecular weight is 2100 g/mol. The van der Waals surface area contributed by atoms with Crippen molar-refractivity contribution in [1.29, 1.82) is 0 Å². The molecule has 1 aromatic heterocycles. The minimum Gasteiger partial charge on any atom is -0.497 e. The smallest absolute Gasteiger partial charge is 0.329 e. The maximum atomic E-state index is 14.5. The lowest BCUT2D eigenvalue weighted by molar-refractivity contribution is -0.155. The van der Waals surface area contributed by atoms with Crippen molar-refractivity contribution in [2.45, 2.75) is 227 Å². The van der Waals surface area contributed by atoms with Crippen molar-refractivity contribution in [1.82, 2.24) is 10.3 Å². The normalized spacial score (nSPS) is 18.1. The third-order valence-electron chi connectivity index (χ3n) is 25.5. The molecule has 13 atom stereocenters. The van der Waals surface area contributed by atoms with Crippen molar-refractivity contribution >= 4 is 133 Å². The number of aliphatic hydroxyl groups is 8. The van der Waals surface area contributed by atoms with Crippen LogP contribution in [0.15, 0.2) is 197 Å². The third kappa shape index (κ3) is 34.3. The fourth-order valence-corrected chi connectivity index (χ4v) is 17.7. The predicted molar refractivity (Wildman–Crippen MR) is 579 cm³/mol. The Bertz CT molecular complexity index is 5950. The van der Waals surface area contributed by atoms with E-state index in [2.05, 4.69) is 73.0 Å². The first-order valence-electron chi connectivity index (χ1n) is 49.9. The summed E-state index contributed by atoms with van der Waals surface area (Å²) in [5.41, 5.74) is 16.0. The lowest BCUT2D eigenvalue weighted by Gasteiger charge is -2.28. The third-order valence-corrected chi connectivity index (χ3v) is 25.8. The predicted octanol–water partition coefficient (Wildman–Crippen LogP) is 15.1. The van der Waals surface area contributed by atoms with E-state index >= 15 is 0 Å². The molecule has 4 amide bonds. The van der Waals surface area contributed by atoms with Crippen molar-refractivity contribution in [3.05, 3.63) is 243 Å². The standard InChI is InChI=1S/C29H43N3O7.C29H36N2O6.C28H32ClFN2O5.C28H34N2O7/c1-17(2)28(37-5)26(27(35)19(4)33)32-38-16-25(34)31-24(29(36)39-21-12-10-18(3)11-13-21)14-20-15-30-23-9-7-6-8-22(20)23;1-17(2)29(36-6)27(28(34)19(4)32)31-37-16-26(33)30-22-10-9-21-13-18(3)24(25(21)15-22)14-20-7-11-23(35-5)12-8-20;1-15(2)28(36-5)26(27(35)17(4)33)32-37-14-24(34)31-20-10-9-18-11-16(3)21(22(18)13-20)12-19-7-6-8-23(29)25(19)30;1-16(2)28(36-5)26(27(34)17(3)31)30-37-15-25(33)29-20-9-8-19-13-24(32)23(22(19)14-20)12-18-6-10-21(35-4)11-7-18/h6-9,15,17-19,21,24,27-28,30,33,35H,10-14,16H2,1-5H3,(H,31,34);7-12,14-15,17,19,28-29,32,34H,3,13,16H2,1-2,4-6H3,(H,30,33);6-10,12-13,15,17,27-28,33,35H,3,11,14H2,1-2,4-5H3,(H,31,34);6-12,14,16-17,27-28,31,34H,13,15H2,1-5H3,(H,29,33)/b32-26+;24-14-,31-27+;21-12-,32-26+;23-12-,30-26+/t18?,19-,21?,24+,27+,28+;19-,28+,29+;2*17-,27+,28+/m1111/s1. The van der Waals surface area contributed by atoms with Crippen LogP contribution in [0.25, 0.3) is 45.9 Å². The monoisotopic (exact) mass is 2090 g/mol. The molecular formula is C114H145ClFN9O25. The molecule has 0 radical (unpaired) electrons. The summed E-state index contributed by atoms with van der Waals surface area (Å²) in [5, 5.41) is 109. The van der Waals surface area contributed by atoms with E-state index in [-0.39, 0.29) is 76.5 Å². The van der Waals surface area contributed by atoms with Crippen LogP contribution in [0, 0.1) is 35.4 Å². The maximum absolute atomic E-state index is 14.5. The number of halogens is 2. The van der Waals surface area contributed by atoms with Gasteiger partial charge in [-0.15, -0.1) is 0 Å². The number of aliphatic hydroxyl groups excluding tert-OH is 8. The second-order valence-electron chi connectivity index (χ2n) is 38.8. The molecule has 0 aliphatic heterocycles. The van der Waals surface area contributed by atoms with Gasteiger partial charge in [0.25, 0.3) is 23.6 Å². The molecule has 0 spiro atoms. The van der Waals surface area contributed by atoms with Gasteiger partial charge in [0.2, 0.25) is 0 Å². The van der Waals surface area contributed by atoms with Crippen LogP contribution in [0.2, 0.25) is 5.02 Å². The van der Waals surface area contributed by atoms with Crippen LogP contribution in [-0.4, -0.2) is 259 Å². The number of nitrogens with zero attached hydrogens (tertiary/aromatic N) is 4. The summed E-state index contributed by atoms with van der Waals surface area (Å²) in [4.78, 5) is 101. The summed E-state index contributed by atoms with van der Waals surface area (Å²) in [5.74, 6) is -0.989. The van der Waals surface area contributed by atoms with Crippen LogP contribution in [0.1, 0.15) is 171 Å². The van der Waals surface area contributed by atoms with Gasteiger partial charge in [-0.05, 0) is 259 Å². The molecule has 1 fully saturated rings. The van der Waals surface area contributed by atoms with E-state index in [1.54, 1.807) is 56.7 Å². The Morgan fingerprint density at radius 2 is 0.813 bits per heavy atom. The van der Waals surface area contributed by atoms with Crippen LogP contribution in [0.3, 0.4) is 0 Å². The minimum atomic E-state index is -1.33. The molecule has 4 aliphatic carbocycles. The second-order valence-corrected chi connectivity index (χ2v) is 39.2. The summed E-state index contributed by atoms with van der Waals surface area (Å²) in [6.07, 6.45) is 0.780. The summed E-state index contributed by atoms with van der Waals surface area (Å²) >= 11 is 5.92. The van der Waals surface area contributed by atoms with Gasteiger partial charge in [0.05, 0.1) is 43.7 Å². The van der Waals surface area contributed by atoms with Gasteiger partial charge in [-0.2, -0.15) is 0 Å². The molecular weight excluding hydrogens is 1950 g/mol. The fraction of sp³-hybridized carbons (Fsp3) is 0.439. The van der Waals surface area contributed by atoms with Crippen molar-refractivity contribution in [2.24, 2.45) is 50.2 Å². The van der Waals surface area contributed by atoms with Crippen LogP contribution in [-0.2, 0) is 97.5 Å². The van der Waals surface area contributed by atoms with E-state index in [0.29, 0.717) is 47.0 Å². The summed E-state index contributed by atoms with van der Waals surface area (Å²) in [6.45, 7) is 29.6. The number of carbonyl (C=O) groups excluding carboxylic acids is 6. The highest BCUT2D eigenvalue weighted by molar-refractivity contribution is 6.31. The number of aromatic nitrogens is 1. The van der Waals surface area contributed by atoms with E-state index in [9.17, 15) is 74.0 Å². The summed E-state index contributed by atoms with van der Waals surface area (Å²) in [7, 11) is 9.12. The Labute approximate surface area is 880 Å².